The fourth-order valence-corrected chi connectivity index (χ4v) is 1.65. The fraction of sp³-hybridized carbons (Fsp3) is 0.308. The number of nitrogens with one attached hydrogen (secondary N) is 2. The molecule has 0 radical (unpaired) electrons. The van der Waals surface area contributed by atoms with Gasteiger partial charge in [0.05, 0.1) is 18.9 Å². The maximum atomic E-state index is 11.5. The Kier molecular flexibility index (Phi) is 5.95. The zero-order chi connectivity index (χ0) is 14.3. The highest BCUT2D eigenvalue weighted by atomic mass is 32.1. The molecule has 0 aromatic heterocycles. The third-order valence-corrected chi connectivity index (χ3v) is 2.36. The van der Waals surface area contributed by atoms with E-state index in [1.165, 1.54) is 13.3 Å². The van der Waals surface area contributed by atoms with Crippen molar-refractivity contribution in [3.8, 4) is 0 Å². The van der Waals surface area contributed by atoms with E-state index in [1.807, 2.05) is 19.9 Å². The van der Waals surface area contributed by atoms with Crippen LogP contribution in [-0.4, -0.2) is 30.4 Å². The Labute approximate surface area is 118 Å². The monoisotopic (exact) mass is 279 g/mol. The summed E-state index contributed by atoms with van der Waals surface area (Å²) in [4.78, 5) is 11.5. The molecular formula is C13H17N3O2S. The van der Waals surface area contributed by atoms with Crippen LogP contribution in [0, 0.1) is 0 Å². The second-order valence-electron chi connectivity index (χ2n) is 4.08. The summed E-state index contributed by atoms with van der Waals surface area (Å²) in [5, 5.41) is 7.41. The van der Waals surface area contributed by atoms with Crippen molar-refractivity contribution in [1.82, 2.24) is 10.7 Å². The third kappa shape index (κ3) is 5.05. The molecule has 0 heterocycles. The number of carbonyl (C=O) groups is 1. The van der Waals surface area contributed by atoms with Gasteiger partial charge in [-0.15, -0.1) is 0 Å². The second kappa shape index (κ2) is 7.48. The standard InChI is InChI=1S/C13H17N3O2S/c1-9(2)15-13(19)16-14-8-10-6-4-5-7-11(10)12(17)18-3/h4-9H,1-3H3,(H2,15,16,19)/b14-8-. The first-order chi connectivity index (χ1) is 9.04. The van der Waals surface area contributed by atoms with Crippen LogP contribution in [0.1, 0.15) is 29.8 Å². The molecule has 102 valence electrons. The van der Waals surface area contributed by atoms with Crippen molar-refractivity contribution in [1.29, 1.82) is 0 Å². The highest BCUT2D eigenvalue weighted by molar-refractivity contribution is 7.80. The van der Waals surface area contributed by atoms with E-state index in [1.54, 1.807) is 18.2 Å². The molecule has 0 amide bonds. The van der Waals surface area contributed by atoms with Crippen molar-refractivity contribution >= 4 is 29.5 Å². The van der Waals surface area contributed by atoms with Crippen LogP contribution in [0.5, 0.6) is 0 Å². The lowest BCUT2D eigenvalue weighted by molar-refractivity contribution is 0.0600. The van der Waals surface area contributed by atoms with E-state index in [2.05, 4.69) is 15.8 Å². The number of hydrogen-bond acceptors (Lipinski definition) is 4. The van der Waals surface area contributed by atoms with Gasteiger partial charge in [0.25, 0.3) is 0 Å². The van der Waals surface area contributed by atoms with Crippen molar-refractivity contribution in [3.05, 3.63) is 35.4 Å². The average molecular weight is 279 g/mol. The van der Waals surface area contributed by atoms with Gasteiger partial charge >= 0.3 is 5.97 Å². The van der Waals surface area contributed by atoms with E-state index in [9.17, 15) is 4.79 Å². The summed E-state index contributed by atoms with van der Waals surface area (Å²) in [6.45, 7) is 3.95. The number of thiocarbonyl (C=S) groups is 1. The number of benzene rings is 1. The van der Waals surface area contributed by atoms with Gasteiger partial charge in [0.2, 0.25) is 0 Å². The van der Waals surface area contributed by atoms with Crippen LogP contribution in [0.15, 0.2) is 29.4 Å². The fourth-order valence-electron chi connectivity index (χ4n) is 1.36. The Morgan fingerprint density at radius 2 is 2.11 bits per heavy atom. The lowest BCUT2D eigenvalue weighted by Crippen LogP contribution is -2.36. The highest BCUT2D eigenvalue weighted by Gasteiger charge is 2.08. The number of hydrazone groups is 1. The number of carbonyl (C=O) groups excluding carboxylic acids is 1. The van der Waals surface area contributed by atoms with Crippen LogP contribution >= 0.6 is 12.2 Å². The number of rotatable bonds is 4. The smallest absolute Gasteiger partial charge is 0.338 e. The predicted molar refractivity (Wildman–Crippen MR) is 79.4 cm³/mol. The molecule has 0 unspecified atom stereocenters. The zero-order valence-corrected chi connectivity index (χ0v) is 12.0. The summed E-state index contributed by atoms with van der Waals surface area (Å²) in [5.41, 5.74) is 3.80. The topological polar surface area (TPSA) is 62.7 Å². The van der Waals surface area contributed by atoms with Gasteiger partial charge in [0.15, 0.2) is 5.11 Å². The first kappa shape index (κ1) is 15.1. The molecular weight excluding hydrogens is 262 g/mol. The number of hydrogen-bond donors (Lipinski definition) is 2. The van der Waals surface area contributed by atoms with Gasteiger partial charge in [-0.1, -0.05) is 18.2 Å². The van der Waals surface area contributed by atoms with Gasteiger partial charge in [-0.2, -0.15) is 5.10 Å². The van der Waals surface area contributed by atoms with Crippen LogP contribution in [0.25, 0.3) is 0 Å². The van der Waals surface area contributed by atoms with Gasteiger partial charge in [0.1, 0.15) is 0 Å². The Morgan fingerprint density at radius 3 is 2.74 bits per heavy atom. The Balaban J connectivity index is 2.72. The summed E-state index contributed by atoms with van der Waals surface area (Å²) in [6.07, 6.45) is 1.53. The maximum absolute atomic E-state index is 11.5. The average Bonchev–Trinajstić information content (AvgIpc) is 2.37. The summed E-state index contributed by atoms with van der Waals surface area (Å²) in [7, 11) is 1.34. The van der Waals surface area contributed by atoms with E-state index in [0.717, 1.165) is 0 Å². The van der Waals surface area contributed by atoms with Crippen LogP contribution in [0.2, 0.25) is 0 Å². The molecule has 5 nitrogen and oxygen atoms in total. The zero-order valence-electron chi connectivity index (χ0n) is 11.1. The first-order valence-electron chi connectivity index (χ1n) is 5.81. The van der Waals surface area contributed by atoms with Gasteiger partial charge in [-0.25, -0.2) is 4.79 Å². The van der Waals surface area contributed by atoms with Gasteiger partial charge in [0, 0.05) is 11.6 Å². The minimum Gasteiger partial charge on any atom is -0.465 e. The molecule has 0 fully saturated rings. The third-order valence-electron chi connectivity index (χ3n) is 2.16. The molecule has 0 saturated heterocycles. The summed E-state index contributed by atoms with van der Waals surface area (Å²) >= 11 is 5.03. The van der Waals surface area contributed by atoms with Crippen molar-refractivity contribution in [2.75, 3.05) is 7.11 Å². The minimum absolute atomic E-state index is 0.234. The largest absolute Gasteiger partial charge is 0.465 e. The Morgan fingerprint density at radius 1 is 1.42 bits per heavy atom. The normalized spacial score (nSPS) is 10.5. The lowest BCUT2D eigenvalue weighted by atomic mass is 10.1. The molecule has 0 aliphatic carbocycles. The van der Waals surface area contributed by atoms with Crippen molar-refractivity contribution in [2.45, 2.75) is 19.9 Å². The Bertz CT molecular complexity index is 487. The molecule has 1 rings (SSSR count). The summed E-state index contributed by atoms with van der Waals surface area (Å²) in [5.74, 6) is -0.398. The predicted octanol–water partition coefficient (Wildman–Crippen LogP) is 1.68. The Hall–Kier alpha value is -1.95. The second-order valence-corrected chi connectivity index (χ2v) is 4.49. The molecule has 0 bridgehead atoms. The van der Waals surface area contributed by atoms with Crippen molar-refractivity contribution < 1.29 is 9.53 Å². The van der Waals surface area contributed by atoms with Crippen LogP contribution in [0.3, 0.4) is 0 Å². The quantitative estimate of drug-likeness (QED) is 0.380. The molecule has 0 spiro atoms. The molecule has 0 atom stereocenters. The van der Waals surface area contributed by atoms with Gasteiger partial charge in [-0.3, -0.25) is 5.43 Å². The van der Waals surface area contributed by atoms with Crippen molar-refractivity contribution in [3.63, 3.8) is 0 Å². The highest BCUT2D eigenvalue weighted by Crippen LogP contribution is 2.07. The molecule has 0 saturated carbocycles. The van der Waals surface area contributed by atoms with E-state index < -0.39 is 5.97 Å². The van der Waals surface area contributed by atoms with Gasteiger partial charge in [-0.05, 0) is 32.1 Å². The number of methoxy groups -OCH3 is 1. The summed E-state index contributed by atoms with van der Waals surface area (Å²) < 4.78 is 4.70. The molecule has 6 heteroatoms. The number of ether oxygens (including phenoxy) is 1. The first-order valence-corrected chi connectivity index (χ1v) is 6.22. The minimum atomic E-state index is -0.398. The van der Waals surface area contributed by atoms with E-state index in [4.69, 9.17) is 17.0 Å². The van der Waals surface area contributed by atoms with Crippen LogP contribution in [-0.2, 0) is 4.74 Å². The number of nitrogens with zero attached hydrogens (tertiary/aromatic N) is 1. The number of esters is 1. The van der Waals surface area contributed by atoms with Crippen LogP contribution in [0.4, 0.5) is 0 Å². The summed E-state index contributed by atoms with van der Waals surface area (Å²) in [6, 6.07) is 7.27. The molecule has 0 aliphatic rings. The van der Waals surface area contributed by atoms with E-state index in [0.29, 0.717) is 16.2 Å². The van der Waals surface area contributed by atoms with Crippen LogP contribution < -0.4 is 10.7 Å². The van der Waals surface area contributed by atoms with E-state index >= 15 is 0 Å². The maximum Gasteiger partial charge on any atom is 0.338 e. The molecule has 19 heavy (non-hydrogen) atoms. The molecule has 2 N–H and O–H groups in total. The SMILES string of the molecule is COC(=O)c1ccccc1/C=N\NC(=S)NC(C)C. The van der Waals surface area contributed by atoms with Gasteiger partial charge < -0.3 is 10.1 Å². The molecule has 1 aromatic rings. The van der Waals surface area contributed by atoms with E-state index in [-0.39, 0.29) is 6.04 Å². The van der Waals surface area contributed by atoms with Crippen molar-refractivity contribution in [2.24, 2.45) is 5.10 Å². The molecule has 1 aromatic carbocycles. The lowest BCUT2D eigenvalue weighted by Gasteiger charge is -2.09. The molecule has 0 aliphatic heterocycles.